The van der Waals surface area contributed by atoms with E-state index < -0.39 is 29.9 Å². The van der Waals surface area contributed by atoms with Crippen molar-refractivity contribution in [2.45, 2.75) is 36.5 Å². The summed E-state index contributed by atoms with van der Waals surface area (Å²) in [6.45, 7) is 0.354. The number of hydrogen-bond donors (Lipinski definition) is 3. The minimum Gasteiger partial charge on any atom is -0.497 e. The van der Waals surface area contributed by atoms with Crippen molar-refractivity contribution in [3.8, 4) is 11.5 Å². The van der Waals surface area contributed by atoms with Gasteiger partial charge in [0.05, 0.1) is 13.7 Å². The molecule has 2 aromatic carbocycles. The lowest BCUT2D eigenvalue weighted by Crippen LogP contribution is -2.58. The minimum atomic E-state index is -1.06. The summed E-state index contributed by atoms with van der Waals surface area (Å²) in [6, 6.07) is 16.6. The van der Waals surface area contributed by atoms with Gasteiger partial charge in [-0.3, -0.25) is 0 Å². The monoisotopic (exact) mass is 392 g/mol. The molecule has 0 bridgehead atoms. The normalized spacial score (nSPS) is 27.9. The van der Waals surface area contributed by atoms with Crippen molar-refractivity contribution < 1.29 is 29.2 Å². The van der Waals surface area contributed by atoms with Crippen LogP contribution in [0.4, 0.5) is 0 Å². The Kier molecular flexibility index (Phi) is 6.98. The number of methoxy groups -OCH3 is 1. The fraction of sp³-hybridized carbons (Fsp3) is 0.400. The Bertz CT molecular complexity index is 695. The standard InChI is InChI=1S/C20H24O6S/c1-23-14-9-7-13(8-10-14)11-25-19-17(21)16(26-20(27)18(19)22)12-24-15-5-3-2-4-6-15/h2-10,16-22,27H,11-12H2,1H3/t16-,17-,18-,19+,20+/m1/s1. The number of rotatable bonds is 7. The predicted molar refractivity (Wildman–Crippen MR) is 103 cm³/mol. The van der Waals surface area contributed by atoms with Crippen molar-refractivity contribution in [3.63, 3.8) is 0 Å². The number of thiol groups is 1. The molecule has 0 amide bonds. The van der Waals surface area contributed by atoms with Gasteiger partial charge in [0.2, 0.25) is 0 Å². The fourth-order valence-electron chi connectivity index (χ4n) is 2.86. The van der Waals surface area contributed by atoms with E-state index in [0.717, 1.165) is 11.3 Å². The van der Waals surface area contributed by atoms with Gasteiger partial charge < -0.3 is 29.2 Å². The first kappa shape index (κ1) is 20.0. The molecule has 0 unspecified atom stereocenters. The predicted octanol–water partition coefficient (Wildman–Crippen LogP) is 2.04. The smallest absolute Gasteiger partial charge is 0.129 e. The Labute approximate surface area is 164 Å². The average molecular weight is 392 g/mol. The third-order valence-corrected chi connectivity index (χ3v) is 4.85. The molecule has 1 saturated heterocycles. The van der Waals surface area contributed by atoms with E-state index in [-0.39, 0.29) is 13.2 Å². The molecule has 27 heavy (non-hydrogen) atoms. The van der Waals surface area contributed by atoms with Crippen LogP contribution in [0, 0.1) is 0 Å². The van der Waals surface area contributed by atoms with Gasteiger partial charge in [0, 0.05) is 0 Å². The number of hydrogen-bond acceptors (Lipinski definition) is 7. The second-order valence-electron chi connectivity index (χ2n) is 6.29. The van der Waals surface area contributed by atoms with Crippen LogP contribution >= 0.6 is 12.6 Å². The maximum Gasteiger partial charge on any atom is 0.129 e. The van der Waals surface area contributed by atoms with Gasteiger partial charge in [-0.1, -0.05) is 30.3 Å². The molecule has 0 saturated carbocycles. The minimum absolute atomic E-state index is 0.122. The maximum absolute atomic E-state index is 10.6. The number of para-hydroxylation sites is 1. The number of aliphatic hydroxyl groups excluding tert-OH is 2. The van der Waals surface area contributed by atoms with E-state index >= 15 is 0 Å². The Balaban J connectivity index is 1.60. The Morgan fingerprint density at radius 2 is 1.67 bits per heavy atom. The molecule has 6 nitrogen and oxygen atoms in total. The summed E-state index contributed by atoms with van der Waals surface area (Å²) in [5.41, 5.74) is 0.119. The Hall–Kier alpha value is -1.77. The summed E-state index contributed by atoms with van der Waals surface area (Å²) in [4.78, 5) is 0. The lowest BCUT2D eigenvalue weighted by Gasteiger charge is -2.40. The first-order valence-corrected chi connectivity index (χ1v) is 9.22. The van der Waals surface area contributed by atoms with Crippen molar-refractivity contribution in [2.24, 2.45) is 0 Å². The van der Waals surface area contributed by atoms with Crippen molar-refractivity contribution in [1.29, 1.82) is 0 Å². The van der Waals surface area contributed by atoms with Crippen molar-refractivity contribution in [3.05, 3.63) is 60.2 Å². The summed E-state index contributed by atoms with van der Waals surface area (Å²) in [5, 5.41) is 20.9. The molecule has 0 aromatic heterocycles. The van der Waals surface area contributed by atoms with Crippen molar-refractivity contribution in [2.75, 3.05) is 13.7 Å². The quantitative estimate of drug-likeness (QED) is 0.626. The summed E-state index contributed by atoms with van der Waals surface area (Å²) < 4.78 is 22.2. The molecule has 0 radical (unpaired) electrons. The molecule has 1 fully saturated rings. The molecular weight excluding hydrogens is 368 g/mol. The zero-order valence-corrected chi connectivity index (χ0v) is 15.9. The third kappa shape index (κ3) is 5.15. The van der Waals surface area contributed by atoms with Crippen LogP contribution in [0.25, 0.3) is 0 Å². The second-order valence-corrected chi connectivity index (χ2v) is 6.80. The van der Waals surface area contributed by atoms with Gasteiger partial charge in [0.25, 0.3) is 0 Å². The van der Waals surface area contributed by atoms with Crippen LogP contribution in [-0.2, 0) is 16.1 Å². The first-order valence-electron chi connectivity index (χ1n) is 8.70. The summed E-state index contributed by atoms with van der Waals surface area (Å²) in [5.74, 6) is 1.42. The first-order chi connectivity index (χ1) is 13.1. The number of aliphatic hydroxyl groups is 2. The molecule has 2 aromatic rings. The molecule has 5 atom stereocenters. The van der Waals surface area contributed by atoms with E-state index in [0.29, 0.717) is 5.75 Å². The third-order valence-electron chi connectivity index (χ3n) is 4.42. The van der Waals surface area contributed by atoms with Crippen LogP contribution in [0.15, 0.2) is 54.6 Å². The number of benzene rings is 2. The van der Waals surface area contributed by atoms with Crippen molar-refractivity contribution in [1.82, 2.24) is 0 Å². The van der Waals surface area contributed by atoms with Crippen LogP contribution in [-0.4, -0.2) is 53.8 Å². The number of ether oxygens (including phenoxy) is 4. The van der Waals surface area contributed by atoms with Crippen LogP contribution in [0.2, 0.25) is 0 Å². The zero-order chi connectivity index (χ0) is 19.2. The summed E-state index contributed by atoms with van der Waals surface area (Å²) in [7, 11) is 1.60. The summed E-state index contributed by atoms with van der Waals surface area (Å²) in [6.07, 6.45) is -3.62. The van der Waals surface area contributed by atoms with E-state index in [1.54, 1.807) is 7.11 Å². The van der Waals surface area contributed by atoms with Gasteiger partial charge in [0.1, 0.15) is 48.0 Å². The van der Waals surface area contributed by atoms with Crippen LogP contribution < -0.4 is 9.47 Å². The Morgan fingerprint density at radius 1 is 0.963 bits per heavy atom. The summed E-state index contributed by atoms with van der Waals surface area (Å²) >= 11 is 4.27. The lowest BCUT2D eigenvalue weighted by atomic mass is 10.00. The molecule has 1 heterocycles. The molecule has 0 spiro atoms. The van der Waals surface area contributed by atoms with Crippen LogP contribution in [0.1, 0.15) is 5.56 Å². The molecule has 0 aliphatic carbocycles. The second kappa shape index (κ2) is 9.43. The molecule has 3 rings (SSSR count). The van der Waals surface area contributed by atoms with E-state index in [1.165, 1.54) is 0 Å². The van der Waals surface area contributed by atoms with E-state index in [1.807, 2.05) is 54.6 Å². The highest BCUT2D eigenvalue weighted by Gasteiger charge is 2.44. The highest BCUT2D eigenvalue weighted by atomic mass is 32.1. The molecule has 1 aliphatic rings. The van der Waals surface area contributed by atoms with Gasteiger partial charge in [-0.25, -0.2) is 0 Å². The molecule has 2 N–H and O–H groups in total. The zero-order valence-electron chi connectivity index (χ0n) is 15.0. The van der Waals surface area contributed by atoms with Gasteiger partial charge >= 0.3 is 0 Å². The molecule has 1 aliphatic heterocycles. The van der Waals surface area contributed by atoms with E-state index in [2.05, 4.69) is 12.6 Å². The fourth-order valence-corrected chi connectivity index (χ4v) is 3.19. The molecule has 7 heteroatoms. The largest absolute Gasteiger partial charge is 0.497 e. The van der Waals surface area contributed by atoms with Gasteiger partial charge in [-0.2, -0.15) is 0 Å². The Morgan fingerprint density at radius 3 is 2.33 bits per heavy atom. The lowest BCUT2D eigenvalue weighted by molar-refractivity contribution is -0.221. The van der Waals surface area contributed by atoms with Gasteiger partial charge in [-0.05, 0) is 29.8 Å². The van der Waals surface area contributed by atoms with E-state index in [9.17, 15) is 10.2 Å². The highest BCUT2D eigenvalue weighted by molar-refractivity contribution is 7.80. The molecule has 146 valence electrons. The SMILES string of the molecule is COc1ccc(CO[C@@H]2[C@@H](O)[C@H](S)O[C@H](COc3ccccc3)[C@H]2O)cc1. The molecular formula is C20H24O6S. The van der Waals surface area contributed by atoms with Gasteiger partial charge in [-0.15, -0.1) is 12.6 Å². The van der Waals surface area contributed by atoms with E-state index in [4.69, 9.17) is 18.9 Å². The average Bonchev–Trinajstić information content (AvgIpc) is 2.71. The van der Waals surface area contributed by atoms with Crippen molar-refractivity contribution >= 4 is 12.6 Å². The maximum atomic E-state index is 10.6. The topological polar surface area (TPSA) is 77.4 Å². The van der Waals surface area contributed by atoms with Gasteiger partial charge in [0.15, 0.2) is 0 Å². The van der Waals surface area contributed by atoms with Crippen LogP contribution in [0.5, 0.6) is 11.5 Å². The highest BCUT2D eigenvalue weighted by Crippen LogP contribution is 2.27. The van der Waals surface area contributed by atoms with Crippen LogP contribution in [0.3, 0.4) is 0 Å².